The molecule has 0 spiro atoms. The standard InChI is InChI=1S/C16H19N3OS/c1-18(2)13-6-3-5-12(9-13)15-7-4-8-19(15)16(20)14-10-21-11-17-14/h3,5-6,9-11,15H,4,7-8H2,1-2H3. The smallest absolute Gasteiger partial charge is 0.273 e. The molecule has 5 heteroatoms. The van der Waals surface area contributed by atoms with Gasteiger partial charge >= 0.3 is 0 Å². The fourth-order valence-electron chi connectivity index (χ4n) is 2.83. The summed E-state index contributed by atoms with van der Waals surface area (Å²) in [7, 11) is 4.07. The number of anilines is 1. The molecule has 1 unspecified atom stereocenters. The molecule has 21 heavy (non-hydrogen) atoms. The van der Waals surface area contributed by atoms with Gasteiger partial charge in [-0.2, -0.15) is 0 Å². The predicted octanol–water partition coefficient (Wildman–Crippen LogP) is 3.19. The third kappa shape index (κ3) is 2.78. The molecule has 0 aliphatic carbocycles. The number of thiazole rings is 1. The Hall–Kier alpha value is -1.88. The van der Waals surface area contributed by atoms with Gasteiger partial charge in [0.15, 0.2) is 0 Å². The highest BCUT2D eigenvalue weighted by atomic mass is 32.1. The minimum atomic E-state index is 0.0500. The maximum absolute atomic E-state index is 12.6. The number of rotatable bonds is 3. The Morgan fingerprint density at radius 2 is 2.29 bits per heavy atom. The number of hydrogen-bond acceptors (Lipinski definition) is 4. The lowest BCUT2D eigenvalue weighted by Gasteiger charge is -2.25. The van der Waals surface area contributed by atoms with Gasteiger partial charge in [-0.05, 0) is 30.5 Å². The van der Waals surface area contributed by atoms with Gasteiger partial charge in [0.05, 0.1) is 11.6 Å². The summed E-state index contributed by atoms with van der Waals surface area (Å²) in [5.41, 5.74) is 4.66. The monoisotopic (exact) mass is 301 g/mol. The first-order valence-corrected chi connectivity index (χ1v) is 8.07. The first kappa shape index (κ1) is 14.1. The van der Waals surface area contributed by atoms with Gasteiger partial charge in [-0.3, -0.25) is 4.79 Å². The molecule has 0 saturated carbocycles. The topological polar surface area (TPSA) is 36.4 Å². The summed E-state index contributed by atoms with van der Waals surface area (Å²) in [6.45, 7) is 0.813. The number of carbonyl (C=O) groups is 1. The lowest BCUT2D eigenvalue weighted by Crippen LogP contribution is -2.30. The van der Waals surface area contributed by atoms with Gasteiger partial charge in [-0.15, -0.1) is 11.3 Å². The van der Waals surface area contributed by atoms with E-state index in [4.69, 9.17) is 0 Å². The van der Waals surface area contributed by atoms with E-state index in [1.807, 2.05) is 24.4 Å². The molecule has 1 amide bonds. The van der Waals surface area contributed by atoms with Crippen molar-refractivity contribution in [3.63, 3.8) is 0 Å². The number of amides is 1. The summed E-state index contributed by atoms with van der Waals surface area (Å²) in [6, 6.07) is 8.61. The normalized spacial score (nSPS) is 18.0. The SMILES string of the molecule is CN(C)c1cccc(C2CCCN2C(=O)c2cscn2)c1. The number of carbonyl (C=O) groups excluding carboxylic acids is 1. The number of benzene rings is 1. The van der Waals surface area contributed by atoms with Crippen molar-refractivity contribution in [3.8, 4) is 0 Å². The van der Waals surface area contributed by atoms with Gasteiger partial charge in [0, 0.05) is 31.7 Å². The molecule has 1 aliphatic heterocycles. The highest BCUT2D eigenvalue weighted by Crippen LogP contribution is 2.34. The van der Waals surface area contributed by atoms with Crippen LogP contribution in [0.4, 0.5) is 5.69 Å². The van der Waals surface area contributed by atoms with Gasteiger partial charge in [-0.25, -0.2) is 4.98 Å². The lowest BCUT2D eigenvalue weighted by molar-refractivity contribution is 0.0730. The molecule has 0 radical (unpaired) electrons. The first-order valence-electron chi connectivity index (χ1n) is 7.13. The fraction of sp³-hybridized carbons (Fsp3) is 0.375. The van der Waals surface area contributed by atoms with Gasteiger partial charge in [0.1, 0.15) is 5.69 Å². The molecule has 1 fully saturated rings. The highest BCUT2D eigenvalue weighted by Gasteiger charge is 2.31. The number of nitrogens with zero attached hydrogens (tertiary/aromatic N) is 3. The molecule has 2 heterocycles. The van der Waals surface area contributed by atoms with Crippen molar-refractivity contribution >= 4 is 22.9 Å². The highest BCUT2D eigenvalue weighted by molar-refractivity contribution is 7.07. The van der Waals surface area contributed by atoms with Gasteiger partial charge in [0.25, 0.3) is 5.91 Å². The zero-order valence-electron chi connectivity index (χ0n) is 12.3. The first-order chi connectivity index (χ1) is 10.2. The average Bonchev–Trinajstić information content (AvgIpc) is 3.18. The summed E-state index contributed by atoms with van der Waals surface area (Å²) in [4.78, 5) is 20.8. The molecule has 1 aromatic heterocycles. The molecule has 1 atom stereocenters. The molecule has 0 bridgehead atoms. The van der Waals surface area contributed by atoms with Crippen molar-refractivity contribution in [2.75, 3.05) is 25.5 Å². The Kier molecular flexibility index (Phi) is 3.92. The maximum atomic E-state index is 12.6. The van der Waals surface area contributed by atoms with E-state index in [-0.39, 0.29) is 11.9 Å². The molecule has 4 nitrogen and oxygen atoms in total. The van der Waals surface area contributed by atoms with Crippen LogP contribution in [0.5, 0.6) is 0 Å². The van der Waals surface area contributed by atoms with Crippen molar-refractivity contribution in [1.82, 2.24) is 9.88 Å². The van der Waals surface area contributed by atoms with Crippen molar-refractivity contribution in [2.24, 2.45) is 0 Å². The third-order valence-corrected chi connectivity index (χ3v) is 4.52. The quantitative estimate of drug-likeness (QED) is 0.873. The van der Waals surface area contributed by atoms with E-state index in [0.717, 1.165) is 19.4 Å². The van der Waals surface area contributed by atoms with Crippen LogP contribution in [0.3, 0.4) is 0 Å². The van der Waals surface area contributed by atoms with Crippen LogP contribution in [-0.4, -0.2) is 36.4 Å². The van der Waals surface area contributed by atoms with Crippen molar-refractivity contribution in [3.05, 3.63) is 46.4 Å². The van der Waals surface area contributed by atoms with Crippen LogP contribution in [0.2, 0.25) is 0 Å². The molecule has 110 valence electrons. The van der Waals surface area contributed by atoms with Gasteiger partial charge < -0.3 is 9.80 Å². The Bertz CT molecular complexity index is 624. The number of hydrogen-bond donors (Lipinski definition) is 0. The average molecular weight is 301 g/mol. The summed E-state index contributed by atoms with van der Waals surface area (Å²) >= 11 is 1.46. The zero-order chi connectivity index (χ0) is 14.8. The second-order valence-corrected chi connectivity index (χ2v) is 6.24. The molecule has 1 aromatic carbocycles. The van der Waals surface area contributed by atoms with E-state index in [1.54, 1.807) is 5.51 Å². The molecule has 3 rings (SSSR count). The minimum Gasteiger partial charge on any atom is -0.378 e. The Labute approximate surface area is 129 Å². The molecular weight excluding hydrogens is 282 g/mol. The summed E-state index contributed by atoms with van der Waals surface area (Å²) < 4.78 is 0. The Balaban J connectivity index is 1.87. The van der Waals surface area contributed by atoms with Crippen molar-refractivity contribution in [2.45, 2.75) is 18.9 Å². The maximum Gasteiger partial charge on any atom is 0.273 e. The number of aromatic nitrogens is 1. The largest absolute Gasteiger partial charge is 0.378 e. The second kappa shape index (κ2) is 5.85. The molecule has 2 aromatic rings. The van der Waals surface area contributed by atoms with E-state index in [9.17, 15) is 4.79 Å². The summed E-state index contributed by atoms with van der Waals surface area (Å²) in [6.07, 6.45) is 2.07. The van der Waals surface area contributed by atoms with Crippen LogP contribution < -0.4 is 4.90 Å². The van der Waals surface area contributed by atoms with Crippen LogP contribution in [0.25, 0.3) is 0 Å². The van der Waals surface area contributed by atoms with Gasteiger partial charge in [0.2, 0.25) is 0 Å². The second-order valence-electron chi connectivity index (χ2n) is 5.52. The Morgan fingerprint density at radius 3 is 3.00 bits per heavy atom. The predicted molar refractivity (Wildman–Crippen MR) is 85.9 cm³/mol. The van der Waals surface area contributed by atoms with Crippen molar-refractivity contribution < 1.29 is 4.79 Å². The van der Waals surface area contributed by atoms with Crippen LogP contribution in [0, 0.1) is 0 Å². The fourth-order valence-corrected chi connectivity index (χ4v) is 3.36. The lowest BCUT2D eigenvalue weighted by atomic mass is 10.0. The third-order valence-electron chi connectivity index (χ3n) is 3.94. The molecule has 1 aliphatic rings. The van der Waals surface area contributed by atoms with Crippen LogP contribution in [0.15, 0.2) is 35.2 Å². The molecule has 1 saturated heterocycles. The molecule has 0 N–H and O–H groups in total. The van der Waals surface area contributed by atoms with Gasteiger partial charge in [-0.1, -0.05) is 12.1 Å². The molecular formula is C16H19N3OS. The van der Waals surface area contributed by atoms with E-state index in [1.165, 1.54) is 22.6 Å². The van der Waals surface area contributed by atoms with Crippen molar-refractivity contribution in [1.29, 1.82) is 0 Å². The summed E-state index contributed by atoms with van der Waals surface area (Å²) in [5.74, 6) is 0.0500. The Morgan fingerprint density at radius 1 is 1.43 bits per heavy atom. The number of likely N-dealkylation sites (tertiary alicyclic amines) is 1. The van der Waals surface area contributed by atoms with E-state index >= 15 is 0 Å². The van der Waals surface area contributed by atoms with Crippen LogP contribution in [0.1, 0.15) is 34.9 Å². The van der Waals surface area contributed by atoms with Crippen LogP contribution in [-0.2, 0) is 0 Å². The summed E-state index contributed by atoms with van der Waals surface area (Å²) in [5, 5.41) is 1.83. The zero-order valence-corrected chi connectivity index (χ0v) is 13.1. The van der Waals surface area contributed by atoms with Crippen LogP contribution >= 0.6 is 11.3 Å². The van der Waals surface area contributed by atoms with E-state index in [0.29, 0.717) is 5.69 Å². The van der Waals surface area contributed by atoms with E-state index < -0.39 is 0 Å². The van der Waals surface area contributed by atoms with E-state index in [2.05, 4.69) is 34.1 Å². The minimum absolute atomic E-state index is 0.0500.